The van der Waals surface area contributed by atoms with Crippen molar-refractivity contribution in [1.29, 1.82) is 0 Å². The van der Waals surface area contributed by atoms with E-state index in [1.54, 1.807) is 24.3 Å². The van der Waals surface area contributed by atoms with Gasteiger partial charge in [0.05, 0.1) is 0 Å². The second-order valence-corrected chi connectivity index (χ2v) is 9.55. The molecule has 1 fully saturated rings. The monoisotopic (exact) mass is 541 g/mol. The fraction of sp³-hybridized carbons (Fsp3) is 0.643. The van der Waals surface area contributed by atoms with E-state index in [4.69, 9.17) is 25.5 Å². The fourth-order valence-corrected chi connectivity index (χ4v) is 2.99. The lowest BCUT2D eigenvalue weighted by molar-refractivity contribution is -0.127. The Hall–Kier alpha value is -2.98. The largest absolute Gasteiger partial charge is 0.508 e. The maximum Gasteiger partial charge on any atom is 0.239 e. The number of ether oxygens (including phenoxy) is 1. The topological polar surface area (TPSA) is 182 Å². The van der Waals surface area contributed by atoms with E-state index in [2.05, 4.69) is 31.8 Å². The number of phenols is 1. The number of nitrogens with one attached hydrogen (secondary N) is 1. The lowest BCUT2D eigenvalue weighted by atomic mass is 9.90. The molecule has 0 spiro atoms. The van der Waals surface area contributed by atoms with Crippen LogP contribution in [0, 0.1) is 5.41 Å². The lowest BCUT2D eigenvalue weighted by Crippen LogP contribution is -2.44. The average molecular weight is 542 g/mol. The number of rotatable bonds is 10. The van der Waals surface area contributed by atoms with Gasteiger partial charge in [0.15, 0.2) is 0 Å². The maximum atomic E-state index is 11.7. The number of amides is 3. The van der Waals surface area contributed by atoms with Crippen LogP contribution in [0.5, 0.6) is 5.75 Å². The molecule has 0 aliphatic carbocycles. The molecule has 10 nitrogen and oxygen atoms in total. The zero-order valence-electron chi connectivity index (χ0n) is 23.9. The van der Waals surface area contributed by atoms with Crippen molar-refractivity contribution in [3.63, 3.8) is 0 Å². The average Bonchev–Trinajstić information content (AvgIpc) is 3.45. The molecule has 0 saturated carbocycles. The van der Waals surface area contributed by atoms with Crippen LogP contribution in [0.2, 0.25) is 0 Å². The highest BCUT2D eigenvalue weighted by molar-refractivity contribution is 5.86. The summed E-state index contributed by atoms with van der Waals surface area (Å²) in [5, 5.41) is 18.8. The van der Waals surface area contributed by atoms with Gasteiger partial charge in [-0.15, -0.1) is 0 Å². The zero-order valence-corrected chi connectivity index (χ0v) is 23.9. The molecule has 10 heteroatoms. The Balaban J connectivity index is -0.000000529. The van der Waals surface area contributed by atoms with Crippen LogP contribution in [0.1, 0.15) is 84.6 Å². The Morgan fingerprint density at radius 3 is 2.00 bits per heavy atom. The van der Waals surface area contributed by atoms with Crippen LogP contribution in [0.25, 0.3) is 0 Å². The molecule has 1 aromatic rings. The molecule has 2 rings (SSSR count). The quantitative estimate of drug-likeness (QED) is 0.223. The molecule has 1 heterocycles. The minimum atomic E-state index is -0.586. The molecule has 1 aliphatic rings. The van der Waals surface area contributed by atoms with Gasteiger partial charge in [0.25, 0.3) is 0 Å². The highest BCUT2D eigenvalue weighted by atomic mass is 16.5. The Morgan fingerprint density at radius 2 is 1.63 bits per heavy atom. The van der Waals surface area contributed by atoms with E-state index in [1.807, 2.05) is 6.92 Å². The summed E-state index contributed by atoms with van der Waals surface area (Å²) in [7, 11) is 1.00. The van der Waals surface area contributed by atoms with Crippen LogP contribution in [0.4, 0.5) is 0 Å². The Kier molecular flexibility index (Phi) is 28.2. The van der Waals surface area contributed by atoms with Crippen LogP contribution in [0.15, 0.2) is 24.3 Å². The van der Waals surface area contributed by atoms with Gasteiger partial charge in [0.1, 0.15) is 18.1 Å². The highest BCUT2D eigenvalue weighted by Crippen LogP contribution is 2.20. The molecule has 0 aromatic heterocycles. The number of hydrogen-bond acceptors (Lipinski definition) is 7. The van der Waals surface area contributed by atoms with E-state index >= 15 is 0 Å². The first-order valence-electron chi connectivity index (χ1n) is 13.0. The van der Waals surface area contributed by atoms with Crippen molar-refractivity contribution in [2.24, 2.45) is 16.9 Å². The predicted molar refractivity (Wildman–Crippen MR) is 150 cm³/mol. The first kappa shape index (κ1) is 39.5. The minimum absolute atomic E-state index is 0.190. The molecule has 1 unspecified atom stereocenters. The SMILES string of the molecule is C1CCOC1.CC(C)(C)CCCC=O.CCCC(NC(=O)CCc1ccc(O)cc1)C(N)=O.CO.NC=O. The maximum absolute atomic E-state index is 11.7. The Labute approximate surface area is 228 Å². The fourth-order valence-electron chi connectivity index (χ4n) is 2.99. The summed E-state index contributed by atoms with van der Waals surface area (Å²) in [6.07, 6.45) is 8.88. The molecule has 1 aliphatic heterocycles. The van der Waals surface area contributed by atoms with E-state index in [1.165, 1.54) is 12.8 Å². The number of hydrogen-bond donors (Lipinski definition) is 5. The standard InChI is InChI=1S/C14H20N2O3.C8H16O.C4H8O.CH3NO.CH4O/c1-2-3-12(14(15)19)16-13(18)9-6-10-4-7-11(17)8-5-10;1-8(2,3)6-4-5-7-9;1-2-4-5-3-1;2-1-3;1-2/h4-5,7-8,12,17H,2-3,6,9H2,1H3,(H2,15,19)(H,16,18);7H,4-6H2,1-3H3;1-4H2;1H,(H2,2,3);2H,1H3. The van der Waals surface area contributed by atoms with Crippen molar-refractivity contribution < 1.29 is 34.1 Å². The molecule has 0 bridgehead atoms. The summed E-state index contributed by atoms with van der Waals surface area (Å²) < 4.78 is 4.94. The Morgan fingerprint density at radius 1 is 1.11 bits per heavy atom. The van der Waals surface area contributed by atoms with Crippen LogP contribution in [0.3, 0.4) is 0 Å². The number of unbranched alkanes of at least 4 members (excludes halogenated alkanes) is 1. The van der Waals surface area contributed by atoms with Crippen molar-refractivity contribution in [3.8, 4) is 5.75 Å². The zero-order chi connectivity index (χ0) is 29.8. The number of carbonyl (C=O) groups excluding carboxylic acids is 4. The summed E-state index contributed by atoms with van der Waals surface area (Å²) in [6, 6.07) is 6.10. The van der Waals surface area contributed by atoms with Gasteiger partial charge in [-0.25, -0.2) is 0 Å². The second kappa shape index (κ2) is 27.1. The van der Waals surface area contributed by atoms with E-state index in [0.717, 1.165) is 57.9 Å². The molecule has 7 N–H and O–H groups in total. The number of aliphatic hydroxyl groups excluding tert-OH is 1. The molecule has 3 amide bonds. The third-order valence-electron chi connectivity index (χ3n) is 4.91. The van der Waals surface area contributed by atoms with E-state index in [0.29, 0.717) is 18.3 Å². The summed E-state index contributed by atoms with van der Waals surface area (Å²) in [5.41, 5.74) is 10.7. The van der Waals surface area contributed by atoms with Gasteiger partial charge in [0.2, 0.25) is 18.2 Å². The number of benzene rings is 1. The molecule has 1 aromatic carbocycles. The van der Waals surface area contributed by atoms with Gasteiger partial charge in [-0.3, -0.25) is 14.4 Å². The van der Waals surface area contributed by atoms with E-state index in [9.17, 15) is 14.4 Å². The van der Waals surface area contributed by atoms with Crippen molar-refractivity contribution in [2.45, 2.75) is 91.5 Å². The van der Waals surface area contributed by atoms with Gasteiger partial charge in [-0.2, -0.15) is 0 Å². The van der Waals surface area contributed by atoms with Gasteiger partial charge >= 0.3 is 0 Å². The molecule has 38 heavy (non-hydrogen) atoms. The normalized spacial score (nSPS) is 12.3. The first-order chi connectivity index (χ1) is 18.0. The summed E-state index contributed by atoms with van der Waals surface area (Å²) in [6.45, 7) is 10.5. The number of aliphatic hydroxyl groups is 1. The highest BCUT2D eigenvalue weighted by Gasteiger charge is 2.16. The van der Waals surface area contributed by atoms with Crippen molar-refractivity contribution >= 4 is 24.5 Å². The molecule has 1 saturated heterocycles. The number of primary amides is 2. The van der Waals surface area contributed by atoms with E-state index < -0.39 is 11.9 Å². The van der Waals surface area contributed by atoms with Crippen molar-refractivity contribution in [1.82, 2.24) is 5.32 Å². The molecular formula is C28H51N3O7. The number of aromatic hydroxyl groups is 1. The van der Waals surface area contributed by atoms with Gasteiger partial charge in [-0.1, -0.05) is 46.2 Å². The molecular weight excluding hydrogens is 490 g/mol. The number of carbonyl (C=O) groups is 4. The third kappa shape index (κ3) is 29.3. The van der Waals surface area contributed by atoms with Gasteiger partial charge in [0, 0.05) is 33.2 Å². The number of phenolic OH excluding ortho intramolecular Hbond substituents is 1. The summed E-state index contributed by atoms with van der Waals surface area (Å²) >= 11 is 0. The second-order valence-electron chi connectivity index (χ2n) is 9.55. The molecule has 220 valence electrons. The van der Waals surface area contributed by atoms with Crippen LogP contribution in [-0.4, -0.2) is 61.1 Å². The van der Waals surface area contributed by atoms with Crippen molar-refractivity contribution in [3.05, 3.63) is 29.8 Å². The summed E-state index contributed by atoms with van der Waals surface area (Å²) in [5.74, 6) is -0.491. The molecule has 1 atom stereocenters. The number of aryl methyl sites for hydroxylation is 1. The van der Waals surface area contributed by atoms with Crippen molar-refractivity contribution in [2.75, 3.05) is 20.3 Å². The molecule has 0 radical (unpaired) electrons. The Bertz CT molecular complexity index is 709. The number of aldehydes is 1. The summed E-state index contributed by atoms with van der Waals surface area (Å²) in [4.78, 5) is 41.3. The smallest absolute Gasteiger partial charge is 0.239 e. The van der Waals surface area contributed by atoms with Crippen LogP contribution < -0.4 is 16.8 Å². The van der Waals surface area contributed by atoms with Crippen LogP contribution >= 0.6 is 0 Å². The van der Waals surface area contributed by atoms with Gasteiger partial charge in [-0.05, 0) is 61.6 Å². The van der Waals surface area contributed by atoms with E-state index in [-0.39, 0.29) is 24.5 Å². The first-order valence-corrected chi connectivity index (χ1v) is 13.0. The third-order valence-corrected chi connectivity index (χ3v) is 4.91. The van der Waals surface area contributed by atoms with Gasteiger partial charge < -0.3 is 36.5 Å². The minimum Gasteiger partial charge on any atom is -0.508 e. The number of nitrogens with two attached hydrogens (primary N) is 2. The predicted octanol–water partition coefficient (Wildman–Crippen LogP) is 3.00. The van der Waals surface area contributed by atoms with Crippen LogP contribution in [-0.2, 0) is 30.3 Å². The lowest BCUT2D eigenvalue weighted by Gasteiger charge is -2.16.